The summed E-state index contributed by atoms with van der Waals surface area (Å²) in [5.74, 6) is -0.114. The molecule has 1 aromatic heterocycles. The number of aryl methyl sites for hydroxylation is 1. The highest BCUT2D eigenvalue weighted by Crippen LogP contribution is 2.12. The summed E-state index contributed by atoms with van der Waals surface area (Å²) in [5, 5.41) is 3.44. The lowest BCUT2D eigenvalue weighted by atomic mass is 9.99. The van der Waals surface area contributed by atoms with Crippen LogP contribution in [0.3, 0.4) is 0 Å². The quantitative estimate of drug-likeness (QED) is 0.836. The maximum absolute atomic E-state index is 13.7. The van der Waals surface area contributed by atoms with Crippen LogP contribution in [0.1, 0.15) is 24.5 Å². The molecule has 0 fully saturated rings. The maximum atomic E-state index is 13.7. The van der Waals surface area contributed by atoms with Crippen LogP contribution in [-0.2, 0) is 12.8 Å². The van der Waals surface area contributed by atoms with Crippen LogP contribution in [0.5, 0.6) is 0 Å². The molecule has 2 nitrogen and oxygen atoms in total. The van der Waals surface area contributed by atoms with Crippen molar-refractivity contribution in [3.8, 4) is 0 Å². The van der Waals surface area contributed by atoms with Crippen molar-refractivity contribution in [3.63, 3.8) is 0 Å². The second kappa shape index (κ2) is 7.75. The zero-order valence-corrected chi connectivity index (χ0v) is 11.8. The SMILES string of the molecule is CCNC(CCc1cccnc1)Cc1ccccc1F. The lowest BCUT2D eigenvalue weighted by Crippen LogP contribution is -2.31. The van der Waals surface area contributed by atoms with Crippen LogP contribution in [0.25, 0.3) is 0 Å². The lowest BCUT2D eigenvalue weighted by molar-refractivity contribution is 0.479. The lowest BCUT2D eigenvalue weighted by Gasteiger charge is -2.18. The molecule has 0 bridgehead atoms. The fraction of sp³-hybridized carbons (Fsp3) is 0.353. The fourth-order valence-electron chi connectivity index (χ4n) is 2.38. The van der Waals surface area contributed by atoms with E-state index in [9.17, 15) is 4.39 Å². The zero-order valence-electron chi connectivity index (χ0n) is 11.8. The molecule has 1 N–H and O–H groups in total. The van der Waals surface area contributed by atoms with Crippen molar-refractivity contribution < 1.29 is 4.39 Å². The van der Waals surface area contributed by atoms with E-state index in [2.05, 4.69) is 23.3 Å². The number of likely N-dealkylation sites (N-methyl/N-ethyl adjacent to an activating group) is 1. The molecule has 1 aromatic carbocycles. The van der Waals surface area contributed by atoms with Crippen molar-refractivity contribution in [2.24, 2.45) is 0 Å². The minimum absolute atomic E-state index is 0.114. The molecule has 0 saturated heterocycles. The van der Waals surface area contributed by atoms with Gasteiger partial charge in [-0.15, -0.1) is 0 Å². The van der Waals surface area contributed by atoms with Crippen molar-refractivity contribution >= 4 is 0 Å². The predicted molar refractivity (Wildman–Crippen MR) is 80.1 cm³/mol. The first kappa shape index (κ1) is 14.7. The smallest absolute Gasteiger partial charge is 0.126 e. The van der Waals surface area contributed by atoms with E-state index in [1.807, 2.05) is 24.4 Å². The van der Waals surface area contributed by atoms with E-state index in [1.165, 1.54) is 11.6 Å². The first-order valence-electron chi connectivity index (χ1n) is 7.15. The molecular formula is C17H21FN2. The summed E-state index contributed by atoms with van der Waals surface area (Å²) in [7, 11) is 0. The standard InChI is InChI=1S/C17H21FN2/c1-2-20-16(10-9-14-6-5-11-19-13-14)12-15-7-3-4-8-17(15)18/h3-8,11,13,16,20H,2,9-10,12H2,1H3. The summed E-state index contributed by atoms with van der Waals surface area (Å²) >= 11 is 0. The first-order chi connectivity index (χ1) is 9.79. The summed E-state index contributed by atoms with van der Waals surface area (Å²) in [4.78, 5) is 4.13. The normalized spacial score (nSPS) is 12.3. The molecule has 2 rings (SSSR count). The number of nitrogens with one attached hydrogen (secondary N) is 1. The average molecular weight is 272 g/mol. The van der Waals surface area contributed by atoms with E-state index in [0.29, 0.717) is 0 Å². The third-order valence-corrected chi connectivity index (χ3v) is 3.42. The number of pyridine rings is 1. The van der Waals surface area contributed by atoms with E-state index >= 15 is 0 Å². The molecule has 3 heteroatoms. The summed E-state index contributed by atoms with van der Waals surface area (Å²) in [5.41, 5.74) is 2.01. The third-order valence-electron chi connectivity index (χ3n) is 3.42. The van der Waals surface area contributed by atoms with Crippen molar-refractivity contribution in [2.45, 2.75) is 32.2 Å². The summed E-state index contributed by atoms with van der Waals surface area (Å²) in [6, 6.07) is 11.3. The number of benzene rings is 1. The molecule has 2 aromatic rings. The Morgan fingerprint density at radius 3 is 2.75 bits per heavy atom. The van der Waals surface area contributed by atoms with Crippen LogP contribution in [0.4, 0.5) is 4.39 Å². The van der Waals surface area contributed by atoms with E-state index in [4.69, 9.17) is 0 Å². The highest BCUT2D eigenvalue weighted by Gasteiger charge is 2.11. The van der Waals surface area contributed by atoms with Crippen LogP contribution in [0.2, 0.25) is 0 Å². The van der Waals surface area contributed by atoms with Gasteiger partial charge in [0.25, 0.3) is 0 Å². The molecule has 0 saturated carbocycles. The second-order valence-electron chi connectivity index (χ2n) is 4.95. The van der Waals surface area contributed by atoms with Crippen LogP contribution < -0.4 is 5.32 Å². The van der Waals surface area contributed by atoms with Gasteiger partial charge in [0.15, 0.2) is 0 Å². The van der Waals surface area contributed by atoms with E-state index in [1.54, 1.807) is 12.3 Å². The molecular weight excluding hydrogens is 251 g/mol. The first-order valence-corrected chi connectivity index (χ1v) is 7.15. The van der Waals surface area contributed by atoms with Gasteiger partial charge in [0, 0.05) is 18.4 Å². The molecule has 0 aliphatic carbocycles. The van der Waals surface area contributed by atoms with Gasteiger partial charge in [0.05, 0.1) is 0 Å². The van der Waals surface area contributed by atoms with Gasteiger partial charge in [-0.2, -0.15) is 0 Å². The van der Waals surface area contributed by atoms with E-state index in [0.717, 1.165) is 31.4 Å². The maximum Gasteiger partial charge on any atom is 0.126 e. The number of hydrogen-bond acceptors (Lipinski definition) is 2. The Balaban J connectivity index is 1.95. The van der Waals surface area contributed by atoms with Crippen molar-refractivity contribution in [1.29, 1.82) is 0 Å². The molecule has 106 valence electrons. The Hall–Kier alpha value is -1.74. The number of halogens is 1. The Morgan fingerprint density at radius 2 is 2.05 bits per heavy atom. The van der Waals surface area contributed by atoms with E-state index in [-0.39, 0.29) is 11.9 Å². The minimum Gasteiger partial charge on any atom is -0.314 e. The van der Waals surface area contributed by atoms with Gasteiger partial charge in [-0.1, -0.05) is 31.2 Å². The van der Waals surface area contributed by atoms with Gasteiger partial charge in [0.1, 0.15) is 5.82 Å². The average Bonchev–Trinajstić information content (AvgIpc) is 2.48. The number of aromatic nitrogens is 1. The molecule has 0 radical (unpaired) electrons. The van der Waals surface area contributed by atoms with Gasteiger partial charge in [-0.05, 0) is 49.1 Å². The second-order valence-corrected chi connectivity index (χ2v) is 4.95. The molecule has 1 atom stereocenters. The molecule has 0 amide bonds. The molecule has 0 aliphatic heterocycles. The summed E-state index contributed by atoms with van der Waals surface area (Å²) < 4.78 is 13.7. The molecule has 0 aliphatic rings. The molecule has 1 heterocycles. The largest absolute Gasteiger partial charge is 0.314 e. The Labute approximate surface area is 120 Å². The van der Waals surface area contributed by atoms with Gasteiger partial charge < -0.3 is 5.32 Å². The minimum atomic E-state index is -0.114. The predicted octanol–water partition coefficient (Wildman–Crippen LogP) is 3.37. The fourth-order valence-corrected chi connectivity index (χ4v) is 2.38. The topological polar surface area (TPSA) is 24.9 Å². The highest BCUT2D eigenvalue weighted by molar-refractivity contribution is 5.18. The van der Waals surface area contributed by atoms with Crippen LogP contribution in [0, 0.1) is 5.82 Å². The number of nitrogens with zero attached hydrogens (tertiary/aromatic N) is 1. The number of hydrogen-bond donors (Lipinski definition) is 1. The monoisotopic (exact) mass is 272 g/mol. The Morgan fingerprint density at radius 1 is 1.20 bits per heavy atom. The van der Waals surface area contributed by atoms with Crippen molar-refractivity contribution in [1.82, 2.24) is 10.3 Å². The van der Waals surface area contributed by atoms with Crippen molar-refractivity contribution in [2.75, 3.05) is 6.54 Å². The summed E-state index contributed by atoms with van der Waals surface area (Å²) in [6.07, 6.45) is 6.34. The molecule has 20 heavy (non-hydrogen) atoms. The van der Waals surface area contributed by atoms with Gasteiger partial charge in [0.2, 0.25) is 0 Å². The zero-order chi connectivity index (χ0) is 14.2. The van der Waals surface area contributed by atoms with Crippen LogP contribution in [0.15, 0.2) is 48.8 Å². The van der Waals surface area contributed by atoms with E-state index < -0.39 is 0 Å². The summed E-state index contributed by atoms with van der Waals surface area (Å²) in [6.45, 7) is 2.98. The van der Waals surface area contributed by atoms with Gasteiger partial charge in [-0.25, -0.2) is 4.39 Å². The van der Waals surface area contributed by atoms with Crippen molar-refractivity contribution in [3.05, 3.63) is 65.7 Å². The van der Waals surface area contributed by atoms with Crippen LogP contribution >= 0.6 is 0 Å². The molecule has 1 unspecified atom stereocenters. The number of rotatable bonds is 7. The van der Waals surface area contributed by atoms with Crippen LogP contribution in [-0.4, -0.2) is 17.6 Å². The highest BCUT2D eigenvalue weighted by atomic mass is 19.1. The van der Waals surface area contributed by atoms with Gasteiger partial charge >= 0.3 is 0 Å². The molecule has 0 spiro atoms. The third kappa shape index (κ3) is 4.42. The Bertz CT molecular complexity index is 513. The van der Waals surface area contributed by atoms with Gasteiger partial charge in [-0.3, -0.25) is 4.98 Å². The Kier molecular flexibility index (Phi) is 5.69.